The number of aromatic nitrogens is 4. The second kappa shape index (κ2) is 8.58. The second-order valence-electron chi connectivity index (χ2n) is 8.25. The molecule has 2 aliphatic rings. The number of para-hydroxylation sites is 1. The van der Waals surface area contributed by atoms with Crippen molar-refractivity contribution in [2.45, 2.75) is 25.3 Å². The average molecular weight is 423 g/mol. The number of hydrogen-bond acceptors (Lipinski definition) is 6. The molecule has 0 N–H and O–H groups in total. The molecule has 0 saturated carbocycles. The van der Waals surface area contributed by atoms with Crippen LogP contribution in [0.5, 0.6) is 0 Å². The molecule has 162 valence electrons. The number of rotatable bonds is 4. The SMILES string of the molecule is O=C(Cc1cnc2ncnn2c1)N1CCCC(N2CCN(c3ccccc3F)CC2)C1. The molecular weight excluding hydrogens is 397 g/mol. The Labute approximate surface area is 180 Å². The van der Waals surface area contributed by atoms with E-state index in [4.69, 9.17) is 0 Å². The van der Waals surface area contributed by atoms with Gasteiger partial charge in [-0.15, -0.1) is 0 Å². The van der Waals surface area contributed by atoms with Gasteiger partial charge in [-0.25, -0.2) is 13.9 Å². The van der Waals surface area contributed by atoms with Gasteiger partial charge in [0, 0.05) is 57.7 Å². The third-order valence-electron chi connectivity index (χ3n) is 6.32. The fourth-order valence-electron chi connectivity index (χ4n) is 4.65. The molecule has 1 atom stereocenters. The van der Waals surface area contributed by atoms with Crippen molar-refractivity contribution >= 4 is 17.4 Å². The van der Waals surface area contributed by atoms with Gasteiger partial charge in [0.1, 0.15) is 12.1 Å². The summed E-state index contributed by atoms with van der Waals surface area (Å²) in [6.45, 7) is 4.91. The van der Waals surface area contributed by atoms with E-state index in [1.165, 1.54) is 12.4 Å². The first-order chi connectivity index (χ1) is 15.2. The second-order valence-corrected chi connectivity index (χ2v) is 8.25. The van der Waals surface area contributed by atoms with Crippen LogP contribution in [-0.2, 0) is 11.2 Å². The van der Waals surface area contributed by atoms with E-state index >= 15 is 0 Å². The fourth-order valence-corrected chi connectivity index (χ4v) is 4.65. The molecule has 2 fully saturated rings. The number of anilines is 1. The topological polar surface area (TPSA) is 69.9 Å². The summed E-state index contributed by atoms with van der Waals surface area (Å²) in [6.07, 6.45) is 7.38. The summed E-state index contributed by atoms with van der Waals surface area (Å²) in [5, 5.41) is 4.09. The molecule has 2 saturated heterocycles. The van der Waals surface area contributed by atoms with Gasteiger partial charge in [-0.2, -0.15) is 10.1 Å². The Morgan fingerprint density at radius 1 is 1.10 bits per heavy atom. The average Bonchev–Trinajstić information content (AvgIpc) is 3.28. The van der Waals surface area contributed by atoms with Crippen molar-refractivity contribution < 1.29 is 9.18 Å². The molecule has 3 aromatic rings. The standard InChI is InChI=1S/C22H26FN7O/c23-19-5-1-2-6-20(19)28-10-8-27(9-11-28)18-4-3-7-29(15-18)21(31)12-17-13-24-22-25-16-26-30(22)14-17/h1-2,5-6,13-14,16,18H,3-4,7-12,15H2. The molecule has 8 nitrogen and oxygen atoms in total. The minimum absolute atomic E-state index is 0.121. The van der Waals surface area contributed by atoms with Gasteiger partial charge in [0.15, 0.2) is 0 Å². The molecule has 0 radical (unpaired) electrons. The van der Waals surface area contributed by atoms with E-state index in [-0.39, 0.29) is 11.7 Å². The Morgan fingerprint density at radius 2 is 1.94 bits per heavy atom. The zero-order chi connectivity index (χ0) is 21.2. The smallest absolute Gasteiger partial charge is 0.252 e. The summed E-state index contributed by atoms with van der Waals surface area (Å²) >= 11 is 0. The van der Waals surface area contributed by atoms with Crippen LogP contribution in [0.3, 0.4) is 0 Å². The van der Waals surface area contributed by atoms with Crippen molar-refractivity contribution in [2.24, 2.45) is 0 Å². The highest BCUT2D eigenvalue weighted by molar-refractivity contribution is 5.78. The van der Waals surface area contributed by atoms with Crippen LogP contribution >= 0.6 is 0 Å². The number of carbonyl (C=O) groups excluding carboxylic acids is 1. The van der Waals surface area contributed by atoms with E-state index in [0.717, 1.165) is 57.7 Å². The highest BCUT2D eigenvalue weighted by atomic mass is 19.1. The summed E-state index contributed by atoms with van der Waals surface area (Å²) in [5.74, 6) is 0.490. The van der Waals surface area contributed by atoms with Gasteiger partial charge in [0.2, 0.25) is 5.91 Å². The Balaban J connectivity index is 1.17. The molecule has 1 unspecified atom stereocenters. The molecule has 4 heterocycles. The summed E-state index contributed by atoms with van der Waals surface area (Å²) in [7, 11) is 0. The van der Waals surface area contributed by atoms with Gasteiger partial charge in [-0.3, -0.25) is 9.69 Å². The van der Waals surface area contributed by atoms with Crippen molar-refractivity contribution in [3.63, 3.8) is 0 Å². The molecular formula is C22H26FN7O. The predicted molar refractivity (Wildman–Crippen MR) is 114 cm³/mol. The predicted octanol–water partition coefficient (Wildman–Crippen LogP) is 1.62. The van der Waals surface area contributed by atoms with E-state index in [1.807, 2.05) is 23.2 Å². The van der Waals surface area contributed by atoms with Gasteiger partial charge in [0.05, 0.1) is 12.1 Å². The lowest BCUT2D eigenvalue weighted by molar-refractivity contribution is -0.132. The Hall–Kier alpha value is -3.07. The van der Waals surface area contributed by atoms with Crippen molar-refractivity contribution in [2.75, 3.05) is 44.2 Å². The quantitative estimate of drug-likeness (QED) is 0.635. The molecule has 0 aliphatic carbocycles. The van der Waals surface area contributed by atoms with E-state index < -0.39 is 0 Å². The zero-order valence-electron chi connectivity index (χ0n) is 17.4. The van der Waals surface area contributed by atoms with E-state index in [0.29, 0.717) is 23.9 Å². The van der Waals surface area contributed by atoms with Crippen LogP contribution in [0.2, 0.25) is 0 Å². The first kappa shape index (κ1) is 19.9. The van der Waals surface area contributed by atoms with Crippen molar-refractivity contribution in [1.82, 2.24) is 29.4 Å². The molecule has 2 aromatic heterocycles. The maximum Gasteiger partial charge on any atom is 0.252 e. The first-order valence-corrected chi connectivity index (χ1v) is 10.8. The van der Waals surface area contributed by atoms with Gasteiger partial charge in [-0.1, -0.05) is 12.1 Å². The molecule has 31 heavy (non-hydrogen) atoms. The normalized spacial score (nSPS) is 20.4. The number of carbonyl (C=O) groups is 1. The maximum atomic E-state index is 14.1. The molecule has 9 heteroatoms. The zero-order valence-corrected chi connectivity index (χ0v) is 17.4. The maximum absolute atomic E-state index is 14.1. The monoisotopic (exact) mass is 423 g/mol. The summed E-state index contributed by atoms with van der Waals surface area (Å²) in [5.41, 5.74) is 1.52. The number of amides is 1. The van der Waals surface area contributed by atoms with Gasteiger partial charge >= 0.3 is 0 Å². The van der Waals surface area contributed by atoms with Crippen LogP contribution < -0.4 is 4.90 Å². The molecule has 0 spiro atoms. The fraction of sp³-hybridized carbons (Fsp3) is 0.455. The van der Waals surface area contributed by atoms with Crippen LogP contribution in [-0.4, -0.2) is 80.6 Å². The first-order valence-electron chi connectivity index (χ1n) is 10.8. The minimum atomic E-state index is -0.163. The highest BCUT2D eigenvalue weighted by Crippen LogP contribution is 2.23. The summed E-state index contributed by atoms with van der Waals surface area (Å²) in [6, 6.07) is 7.32. The van der Waals surface area contributed by atoms with Crippen LogP contribution in [0.1, 0.15) is 18.4 Å². The van der Waals surface area contributed by atoms with E-state index in [1.54, 1.807) is 16.8 Å². The number of piperidine rings is 1. The molecule has 5 rings (SSSR count). The summed E-state index contributed by atoms with van der Waals surface area (Å²) in [4.78, 5) is 27.8. The number of likely N-dealkylation sites (tertiary alicyclic amines) is 1. The number of hydrogen-bond donors (Lipinski definition) is 0. The Bertz CT molecular complexity index is 1060. The van der Waals surface area contributed by atoms with Crippen LogP contribution in [0.15, 0.2) is 43.0 Å². The largest absolute Gasteiger partial charge is 0.367 e. The molecule has 1 aromatic carbocycles. The van der Waals surface area contributed by atoms with E-state index in [2.05, 4.69) is 24.9 Å². The number of fused-ring (bicyclic) bond motifs is 1. The summed E-state index contributed by atoms with van der Waals surface area (Å²) < 4.78 is 15.7. The molecule has 0 bridgehead atoms. The van der Waals surface area contributed by atoms with Crippen LogP contribution in [0, 0.1) is 5.82 Å². The third-order valence-corrected chi connectivity index (χ3v) is 6.32. The lowest BCUT2D eigenvalue weighted by Gasteiger charge is -2.44. The Kier molecular flexibility index (Phi) is 5.50. The van der Waals surface area contributed by atoms with Crippen molar-refractivity contribution in [3.05, 3.63) is 54.4 Å². The third kappa shape index (κ3) is 4.23. The van der Waals surface area contributed by atoms with Crippen LogP contribution in [0.25, 0.3) is 5.78 Å². The van der Waals surface area contributed by atoms with Gasteiger partial charge in [-0.05, 0) is 30.5 Å². The van der Waals surface area contributed by atoms with Crippen molar-refractivity contribution in [3.8, 4) is 0 Å². The highest BCUT2D eigenvalue weighted by Gasteiger charge is 2.30. The number of nitrogens with zero attached hydrogens (tertiary/aromatic N) is 7. The van der Waals surface area contributed by atoms with Gasteiger partial charge < -0.3 is 9.80 Å². The minimum Gasteiger partial charge on any atom is -0.367 e. The van der Waals surface area contributed by atoms with Crippen LogP contribution in [0.4, 0.5) is 10.1 Å². The van der Waals surface area contributed by atoms with Gasteiger partial charge in [0.25, 0.3) is 5.78 Å². The number of piperazine rings is 1. The lowest BCUT2D eigenvalue weighted by Crippen LogP contribution is -2.56. The number of halogens is 1. The molecule has 1 amide bonds. The van der Waals surface area contributed by atoms with E-state index in [9.17, 15) is 9.18 Å². The van der Waals surface area contributed by atoms with Crippen molar-refractivity contribution in [1.29, 1.82) is 0 Å². The lowest BCUT2D eigenvalue weighted by atomic mass is 10.0. The molecule has 2 aliphatic heterocycles. The Morgan fingerprint density at radius 3 is 2.77 bits per heavy atom. The number of benzene rings is 1.